The van der Waals surface area contributed by atoms with Crippen LogP contribution in [0.1, 0.15) is 17.5 Å². The second-order valence-electron chi connectivity index (χ2n) is 5.05. The van der Waals surface area contributed by atoms with Crippen LogP contribution in [-0.2, 0) is 12.8 Å². The van der Waals surface area contributed by atoms with Gasteiger partial charge < -0.3 is 0 Å². The van der Waals surface area contributed by atoms with Crippen LogP contribution in [0.25, 0.3) is 0 Å². The number of aryl methyl sites for hydroxylation is 1. The van der Waals surface area contributed by atoms with E-state index in [2.05, 4.69) is 45.3 Å². The summed E-state index contributed by atoms with van der Waals surface area (Å²) in [6, 6.07) is 6.87. The van der Waals surface area contributed by atoms with E-state index in [4.69, 9.17) is 0 Å². The van der Waals surface area contributed by atoms with E-state index in [1.807, 2.05) is 0 Å². The predicted octanol–water partition coefficient (Wildman–Crippen LogP) is 1.54. The van der Waals surface area contributed by atoms with Gasteiger partial charge in [0.25, 0.3) is 0 Å². The van der Waals surface area contributed by atoms with Gasteiger partial charge in [-0.25, -0.2) is 0 Å². The summed E-state index contributed by atoms with van der Waals surface area (Å²) in [4.78, 5) is 2.56. The molecule has 1 aromatic rings. The molecule has 90 valence electrons. The second-order valence-corrected chi connectivity index (χ2v) is 6.58. The van der Waals surface area contributed by atoms with Gasteiger partial charge in [-0.3, -0.25) is 0 Å². The third kappa shape index (κ3) is 2.39. The Morgan fingerprint density at radius 2 is 2.06 bits per heavy atom. The minimum absolute atomic E-state index is 0.791. The zero-order chi connectivity index (χ0) is 11.7. The fourth-order valence-corrected chi connectivity index (χ4v) is 3.61. The molecule has 0 saturated carbocycles. The van der Waals surface area contributed by atoms with E-state index in [1.165, 1.54) is 24.9 Å². The van der Waals surface area contributed by atoms with E-state index in [9.17, 15) is 0 Å². The Morgan fingerprint density at radius 3 is 2.88 bits per heavy atom. The van der Waals surface area contributed by atoms with Crippen molar-refractivity contribution in [3.05, 3.63) is 29.3 Å². The third-order valence-corrected chi connectivity index (χ3v) is 4.82. The molecule has 1 atom stereocenters. The topological polar surface area (TPSA) is 15.3 Å². The molecule has 1 heterocycles. The number of nitrogens with zero attached hydrogens (tertiary/aromatic N) is 1. The van der Waals surface area contributed by atoms with Crippen molar-refractivity contribution >= 4 is 22.5 Å². The maximum absolute atomic E-state index is 3.43. The van der Waals surface area contributed by atoms with Gasteiger partial charge in [-0.1, -0.05) is 0 Å². The summed E-state index contributed by atoms with van der Waals surface area (Å²) in [5, 5.41) is 3.43. The van der Waals surface area contributed by atoms with Crippen LogP contribution in [0.3, 0.4) is 0 Å². The molecule has 1 saturated heterocycles. The molecule has 0 spiro atoms. The first-order chi connectivity index (χ1) is 8.34. The van der Waals surface area contributed by atoms with Gasteiger partial charge in [-0.15, -0.1) is 0 Å². The van der Waals surface area contributed by atoms with Crippen LogP contribution in [0, 0.1) is 0 Å². The summed E-state index contributed by atoms with van der Waals surface area (Å²) in [5.74, 6) is 0. The zero-order valence-corrected chi connectivity index (χ0v) is 12.0. The van der Waals surface area contributed by atoms with Crippen LogP contribution < -0.4 is 10.2 Å². The van der Waals surface area contributed by atoms with Crippen LogP contribution in [0.15, 0.2) is 18.2 Å². The quantitative estimate of drug-likeness (QED) is 0.789. The molecule has 1 aromatic carbocycles. The van der Waals surface area contributed by atoms with E-state index in [1.54, 1.807) is 11.1 Å². The molecule has 0 unspecified atom stereocenters. The fraction of sp³-hybridized carbons (Fsp3) is 0.571. The number of benzene rings is 1. The summed E-state index contributed by atoms with van der Waals surface area (Å²) in [7, 11) is 0. The molecule has 2 aliphatic rings. The monoisotopic (exact) mass is 290 g/mol. The Hall–Kier alpha value is -0.462. The van der Waals surface area contributed by atoms with Crippen molar-refractivity contribution in [3.63, 3.8) is 0 Å². The van der Waals surface area contributed by atoms with Crippen molar-refractivity contribution in [2.75, 3.05) is 31.1 Å². The molecule has 0 bridgehead atoms. The normalized spacial score (nSPS) is 24.5. The van der Waals surface area contributed by atoms with Gasteiger partial charge in [0.2, 0.25) is 0 Å². The first kappa shape index (κ1) is 11.6. The molecular formula is C14H19AsN2. The average molecular weight is 290 g/mol. The van der Waals surface area contributed by atoms with Crippen molar-refractivity contribution in [2.45, 2.75) is 24.0 Å². The molecule has 0 amide bonds. The molecule has 1 aliphatic heterocycles. The van der Waals surface area contributed by atoms with E-state index >= 15 is 0 Å². The summed E-state index contributed by atoms with van der Waals surface area (Å²) in [6.07, 6.45) is 3.84. The predicted molar refractivity (Wildman–Crippen MR) is 73.1 cm³/mol. The SMILES string of the molecule is [As][C@@H]1CCc2cccc(N3CCNCC3)c2C1. The Balaban J connectivity index is 1.93. The Kier molecular flexibility index (Phi) is 3.44. The van der Waals surface area contributed by atoms with Gasteiger partial charge >= 0.3 is 112 Å². The van der Waals surface area contributed by atoms with Crippen molar-refractivity contribution in [1.29, 1.82) is 0 Å². The number of nitrogens with one attached hydrogen (secondary N) is 1. The summed E-state index contributed by atoms with van der Waals surface area (Å²) >= 11 is 2.85. The molecule has 1 N–H and O–H groups in total. The van der Waals surface area contributed by atoms with Crippen molar-refractivity contribution in [3.8, 4) is 0 Å². The molecule has 0 aromatic heterocycles. The number of hydrogen-bond donors (Lipinski definition) is 1. The van der Waals surface area contributed by atoms with Crippen molar-refractivity contribution < 1.29 is 0 Å². The van der Waals surface area contributed by atoms with Crippen LogP contribution in [-0.4, -0.2) is 43.0 Å². The molecule has 17 heavy (non-hydrogen) atoms. The van der Waals surface area contributed by atoms with Gasteiger partial charge in [-0.2, -0.15) is 0 Å². The fourth-order valence-electron chi connectivity index (χ4n) is 2.95. The van der Waals surface area contributed by atoms with Gasteiger partial charge in [0, 0.05) is 0 Å². The first-order valence-corrected chi connectivity index (χ1v) is 7.67. The third-order valence-electron chi connectivity index (χ3n) is 3.89. The van der Waals surface area contributed by atoms with Gasteiger partial charge in [-0.05, 0) is 0 Å². The Labute approximate surface area is 112 Å². The van der Waals surface area contributed by atoms with Crippen LogP contribution in [0.5, 0.6) is 0 Å². The minimum atomic E-state index is 0.791. The summed E-state index contributed by atoms with van der Waals surface area (Å²) < 4.78 is 0.791. The maximum atomic E-state index is 3.43. The summed E-state index contributed by atoms with van der Waals surface area (Å²) in [6.45, 7) is 4.55. The van der Waals surface area contributed by atoms with Crippen molar-refractivity contribution in [1.82, 2.24) is 5.32 Å². The van der Waals surface area contributed by atoms with Crippen LogP contribution in [0.2, 0.25) is 4.71 Å². The van der Waals surface area contributed by atoms with Crippen LogP contribution in [0.4, 0.5) is 5.69 Å². The molecule has 3 rings (SSSR count). The summed E-state index contributed by atoms with van der Waals surface area (Å²) in [5.41, 5.74) is 4.70. The molecule has 1 fully saturated rings. The number of piperazine rings is 1. The standard InChI is InChI=1S/C14H19AsN2/c15-12-5-4-11-2-1-3-14(13(11)10-12)17-8-6-16-7-9-17/h1-3,12,16H,4-10H2/t12-/m1/s1. The molecular weight excluding hydrogens is 271 g/mol. The molecule has 3 heteroatoms. The van der Waals surface area contributed by atoms with Gasteiger partial charge in [0.15, 0.2) is 0 Å². The molecule has 1 aliphatic carbocycles. The second kappa shape index (κ2) is 5.04. The number of anilines is 1. The van der Waals surface area contributed by atoms with Gasteiger partial charge in [0.1, 0.15) is 0 Å². The number of fused-ring (bicyclic) bond motifs is 1. The Bertz CT molecular complexity index is 399. The average Bonchev–Trinajstić information content (AvgIpc) is 2.39. The first-order valence-electron chi connectivity index (χ1n) is 6.59. The van der Waals surface area contributed by atoms with Crippen molar-refractivity contribution in [2.24, 2.45) is 0 Å². The van der Waals surface area contributed by atoms with E-state index in [-0.39, 0.29) is 0 Å². The zero-order valence-electron chi connectivity index (χ0n) is 10.2. The number of hydrogen-bond acceptors (Lipinski definition) is 2. The van der Waals surface area contributed by atoms with E-state index < -0.39 is 0 Å². The van der Waals surface area contributed by atoms with E-state index in [0.29, 0.717) is 0 Å². The number of rotatable bonds is 1. The van der Waals surface area contributed by atoms with E-state index in [0.717, 1.165) is 30.9 Å². The molecule has 2 radical (unpaired) electrons. The molecule has 2 nitrogen and oxygen atoms in total. The van der Waals surface area contributed by atoms with Crippen LogP contribution >= 0.6 is 0 Å². The van der Waals surface area contributed by atoms with Gasteiger partial charge in [0.05, 0.1) is 0 Å². The Morgan fingerprint density at radius 1 is 1.24 bits per heavy atom.